The van der Waals surface area contributed by atoms with Crippen molar-refractivity contribution >= 4 is 34.5 Å². The average molecular weight is 203 g/mol. The lowest BCUT2D eigenvalue weighted by atomic mass is 10.4. The van der Waals surface area contributed by atoms with Gasteiger partial charge in [0.25, 0.3) is 0 Å². The molecule has 0 N–H and O–H groups in total. The normalized spacial score (nSPS) is 10.7. The van der Waals surface area contributed by atoms with Crippen LogP contribution in [0.15, 0.2) is 12.2 Å². The number of hydrogen-bond acceptors (Lipinski definition) is 3. The second kappa shape index (κ2) is 3.42. The summed E-state index contributed by atoms with van der Waals surface area (Å²) in [5.41, 5.74) is 0.0986. The third-order valence-corrected chi connectivity index (χ3v) is 1.33. The van der Waals surface area contributed by atoms with E-state index < -0.39 is 12.0 Å². The lowest BCUT2D eigenvalue weighted by Crippen LogP contribution is -1.98. The minimum Gasteiger partial charge on any atom is -0.386 e. The second-order valence-electron chi connectivity index (χ2n) is 1.57. The molecule has 0 saturated heterocycles. The highest BCUT2D eigenvalue weighted by molar-refractivity contribution is 8.05. The highest BCUT2D eigenvalue weighted by Gasteiger charge is 2.20. The zero-order valence-electron chi connectivity index (χ0n) is 5.13. The fraction of sp³-hybridized carbons (Fsp3) is 0.250. The molecule has 0 aromatic heterocycles. The van der Waals surface area contributed by atoms with E-state index in [-0.39, 0.29) is 5.57 Å². The van der Waals surface area contributed by atoms with Gasteiger partial charge in [-0.05, 0) is 6.92 Å². The first kappa shape index (κ1) is 10.0. The van der Waals surface area contributed by atoms with Gasteiger partial charge in [-0.25, -0.2) is 9.36 Å². The number of halogens is 2. The second-order valence-corrected chi connectivity index (χ2v) is 5.77. The molecule has 0 radical (unpaired) electrons. The van der Waals surface area contributed by atoms with Crippen LogP contribution in [0.1, 0.15) is 6.92 Å². The van der Waals surface area contributed by atoms with Crippen LogP contribution in [-0.4, -0.2) is 5.97 Å². The van der Waals surface area contributed by atoms with Crippen molar-refractivity contribution in [3.05, 3.63) is 12.2 Å². The average Bonchev–Trinajstić information content (AvgIpc) is 1.60. The Morgan fingerprint density at radius 3 is 2.10 bits per heavy atom. The highest BCUT2D eigenvalue weighted by Crippen LogP contribution is 2.57. The SMILES string of the molecule is C=C(C)C(=O)OP(=O)(Cl)Cl. The Labute approximate surface area is 68.0 Å². The van der Waals surface area contributed by atoms with E-state index in [4.69, 9.17) is 22.5 Å². The van der Waals surface area contributed by atoms with E-state index in [1.54, 1.807) is 0 Å². The van der Waals surface area contributed by atoms with E-state index in [9.17, 15) is 9.36 Å². The fourth-order valence-corrected chi connectivity index (χ4v) is 0.899. The van der Waals surface area contributed by atoms with Gasteiger partial charge in [-0.2, -0.15) is 0 Å². The molecule has 0 spiro atoms. The Morgan fingerprint density at radius 1 is 1.60 bits per heavy atom. The molecule has 0 saturated carbocycles. The summed E-state index contributed by atoms with van der Waals surface area (Å²) in [6.45, 7) is 4.62. The quantitative estimate of drug-likeness (QED) is 0.511. The smallest absolute Gasteiger partial charge is 0.386 e. The minimum atomic E-state index is -3.74. The zero-order chi connectivity index (χ0) is 8.36. The summed E-state index contributed by atoms with van der Waals surface area (Å²) in [5, 5.41) is 0. The summed E-state index contributed by atoms with van der Waals surface area (Å²) in [4.78, 5) is 10.5. The van der Waals surface area contributed by atoms with Crippen LogP contribution < -0.4 is 0 Å². The van der Waals surface area contributed by atoms with Crippen molar-refractivity contribution in [1.29, 1.82) is 0 Å². The van der Waals surface area contributed by atoms with Gasteiger partial charge in [-0.1, -0.05) is 6.58 Å². The van der Waals surface area contributed by atoms with Gasteiger partial charge in [-0.3, -0.25) is 0 Å². The predicted molar refractivity (Wildman–Crippen MR) is 40.2 cm³/mol. The van der Waals surface area contributed by atoms with Gasteiger partial charge in [0.15, 0.2) is 0 Å². The molecule has 0 amide bonds. The molecule has 0 aliphatic rings. The van der Waals surface area contributed by atoms with E-state index in [1.165, 1.54) is 6.92 Å². The van der Waals surface area contributed by atoms with Gasteiger partial charge in [0.05, 0.1) is 0 Å². The van der Waals surface area contributed by atoms with Gasteiger partial charge in [0, 0.05) is 28.1 Å². The van der Waals surface area contributed by atoms with Crippen LogP contribution in [0.5, 0.6) is 0 Å². The molecule has 0 heterocycles. The predicted octanol–water partition coefficient (Wildman–Crippen LogP) is 2.69. The Bertz CT molecular complexity index is 207. The molecule has 0 rings (SSSR count). The minimum absolute atomic E-state index is 0.0986. The van der Waals surface area contributed by atoms with Crippen LogP contribution in [0.2, 0.25) is 0 Å². The van der Waals surface area contributed by atoms with Crippen LogP contribution in [-0.2, 0) is 13.9 Å². The molecule has 0 aromatic carbocycles. The van der Waals surface area contributed by atoms with Gasteiger partial charge >= 0.3 is 12.0 Å². The third kappa shape index (κ3) is 4.86. The lowest BCUT2D eigenvalue weighted by molar-refractivity contribution is -0.129. The van der Waals surface area contributed by atoms with Crippen molar-refractivity contribution in [2.24, 2.45) is 0 Å². The first-order valence-electron chi connectivity index (χ1n) is 2.22. The van der Waals surface area contributed by atoms with Gasteiger partial charge in [0.1, 0.15) is 0 Å². The largest absolute Gasteiger partial charge is 0.430 e. The maximum atomic E-state index is 10.5. The fourth-order valence-electron chi connectivity index (χ4n) is 0.174. The van der Waals surface area contributed by atoms with Crippen LogP contribution >= 0.6 is 28.6 Å². The molecule has 10 heavy (non-hydrogen) atoms. The molecule has 0 bridgehead atoms. The maximum Gasteiger partial charge on any atom is 0.430 e. The molecular weight excluding hydrogens is 198 g/mol. The van der Waals surface area contributed by atoms with Crippen molar-refractivity contribution in [2.75, 3.05) is 0 Å². The summed E-state index contributed by atoms with van der Waals surface area (Å²) in [6, 6.07) is 0. The van der Waals surface area contributed by atoms with E-state index in [0.717, 1.165) is 0 Å². The van der Waals surface area contributed by atoms with Crippen molar-refractivity contribution in [3.63, 3.8) is 0 Å². The molecule has 0 aliphatic heterocycles. The first-order chi connectivity index (χ1) is 4.33. The zero-order valence-corrected chi connectivity index (χ0v) is 7.54. The standard InChI is InChI=1S/C4H5Cl2O3P/c1-3(2)4(7)9-10(5,6)8/h1H2,2H3. The van der Waals surface area contributed by atoms with Crippen LogP contribution in [0.3, 0.4) is 0 Å². The van der Waals surface area contributed by atoms with Gasteiger partial charge < -0.3 is 4.52 Å². The molecule has 0 aliphatic carbocycles. The highest BCUT2D eigenvalue weighted by atomic mass is 35.9. The summed E-state index contributed by atoms with van der Waals surface area (Å²) in [6.07, 6.45) is -3.74. The van der Waals surface area contributed by atoms with E-state index >= 15 is 0 Å². The van der Waals surface area contributed by atoms with Crippen molar-refractivity contribution in [2.45, 2.75) is 6.92 Å². The van der Waals surface area contributed by atoms with E-state index in [0.29, 0.717) is 0 Å². The summed E-state index contributed by atoms with van der Waals surface area (Å²) in [7, 11) is 0. The Balaban J connectivity index is 4.07. The Kier molecular flexibility index (Phi) is 3.43. The lowest BCUT2D eigenvalue weighted by Gasteiger charge is -2.01. The van der Waals surface area contributed by atoms with Crippen molar-refractivity contribution < 1.29 is 13.9 Å². The number of carbonyl (C=O) groups excluding carboxylic acids is 1. The molecule has 6 heteroatoms. The molecule has 3 nitrogen and oxygen atoms in total. The summed E-state index contributed by atoms with van der Waals surface area (Å²) in [5.74, 6) is -0.853. The van der Waals surface area contributed by atoms with Crippen LogP contribution in [0, 0.1) is 0 Å². The number of carbonyl (C=O) groups is 1. The van der Waals surface area contributed by atoms with Gasteiger partial charge in [0.2, 0.25) is 0 Å². The van der Waals surface area contributed by atoms with Crippen LogP contribution in [0.4, 0.5) is 0 Å². The number of rotatable bonds is 2. The Morgan fingerprint density at radius 2 is 2.00 bits per heavy atom. The molecule has 0 aromatic rings. The van der Waals surface area contributed by atoms with Crippen molar-refractivity contribution in [1.82, 2.24) is 0 Å². The van der Waals surface area contributed by atoms with E-state index in [2.05, 4.69) is 11.1 Å². The van der Waals surface area contributed by atoms with E-state index in [1.807, 2.05) is 0 Å². The third-order valence-electron chi connectivity index (χ3n) is 0.538. The Hall–Kier alpha value is 0.0200. The van der Waals surface area contributed by atoms with Gasteiger partial charge in [-0.15, -0.1) is 0 Å². The first-order valence-corrected chi connectivity index (χ1v) is 5.65. The molecule has 0 atom stereocenters. The topological polar surface area (TPSA) is 43.4 Å². The van der Waals surface area contributed by atoms with Crippen LogP contribution in [0.25, 0.3) is 0 Å². The number of hydrogen-bond donors (Lipinski definition) is 0. The van der Waals surface area contributed by atoms with Crippen molar-refractivity contribution in [3.8, 4) is 0 Å². The maximum absolute atomic E-state index is 10.5. The molecule has 0 fully saturated rings. The molecule has 0 unspecified atom stereocenters. The molecule has 58 valence electrons. The summed E-state index contributed by atoms with van der Waals surface area (Å²) >= 11 is 9.82. The monoisotopic (exact) mass is 202 g/mol. The molecular formula is C4H5Cl2O3P. The summed E-state index contributed by atoms with van der Waals surface area (Å²) < 4.78 is 14.4.